The number of halogens is 2. The second-order valence-corrected chi connectivity index (χ2v) is 7.95. The van der Waals surface area contributed by atoms with Gasteiger partial charge in [-0.3, -0.25) is 4.79 Å². The summed E-state index contributed by atoms with van der Waals surface area (Å²) in [6.45, 7) is 4.06. The summed E-state index contributed by atoms with van der Waals surface area (Å²) in [5.74, 6) is 0.529. The molecule has 2 aliphatic heterocycles. The number of nitrogens with zero attached hydrogens (tertiary/aromatic N) is 3. The summed E-state index contributed by atoms with van der Waals surface area (Å²) in [6, 6.07) is 9.16. The van der Waals surface area contributed by atoms with Gasteiger partial charge in [0.15, 0.2) is 0 Å². The lowest BCUT2D eigenvalue weighted by molar-refractivity contribution is 0.0237. The average Bonchev–Trinajstić information content (AvgIpc) is 2.77. The molecule has 2 aliphatic rings. The highest BCUT2D eigenvalue weighted by Gasteiger charge is 2.24. The number of rotatable bonds is 4. The second-order valence-electron chi connectivity index (χ2n) is 7.17. The molecule has 1 aromatic heterocycles. The van der Waals surface area contributed by atoms with Crippen LogP contribution in [0.15, 0.2) is 36.5 Å². The van der Waals surface area contributed by atoms with Crippen LogP contribution in [0.2, 0.25) is 10.0 Å². The lowest BCUT2D eigenvalue weighted by Crippen LogP contribution is -2.48. The molecule has 0 spiro atoms. The van der Waals surface area contributed by atoms with Crippen molar-refractivity contribution < 1.29 is 14.3 Å². The molecule has 1 amide bonds. The highest BCUT2D eigenvalue weighted by atomic mass is 35.5. The van der Waals surface area contributed by atoms with Crippen LogP contribution in [-0.4, -0.2) is 61.3 Å². The van der Waals surface area contributed by atoms with E-state index < -0.39 is 0 Å². The first-order chi connectivity index (χ1) is 14.1. The molecule has 0 radical (unpaired) electrons. The number of carbonyl (C=O) groups excluding carboxylic acids is 1. The van der Waals surface area contributed by atoms with Crippen LogP contribution in [0.1, 0.15) is 23.2 Å². The highest BCUT2D eigenvalue weighted by Crippen LogP contribution is 2.33. The normalized spacial score (nSPS) is 18.0. The van der Waals surface area contributed by atoms with Crippen LogP contribution in [0, 0.1) is 0 Å². The van der Waals surface area contributed by atoms with E-state index in [1.807, 2.05) is 17.0 Å². The third kappa shape index (κ3) is 4.77. The Morgan fingerprint density at radius 1 is 1.07 bits per heavy atom. The van der Waals surface area contributed by atoms with Gasteiger partial charge < -0.3 is 19.3 Å². The number of anilines is 1. The van der Waals surface area contributed by atoms with Crippen molar-refractivity contribution in [1.29, 1.82) is 0 Å². The van der Waals surface area contributed by atoms with E-state index in [0.29, 0.717) is 60.9 Å². The number of carbonyl (C=O) groups is 1. The molecule has 8 heteroatoms. The summed E-state index contributed by atoms with van der Waals surface area (Å²) < 4.78 is 11.2. The van der Waals surface area contributed by atoms with E-state index >= 15 is 0 Å². The maximum Gasteiger partial charge on any atom is 0.255 e. The first-order valence-corrected chi connectivity index (χ1v) is 10.6. The van der Waals surface area contributed by atoms with E-state index in [1.54, 1.807) is 24.4 Å². The average molecular weight is 436 g/mol. The van der Waals surface area contributed by atoms with Crippen LogP contribution in [0.4, 0.5) is 5.69 Å². The molecule has 6 nitrogen and oxygen atoms in total. The fourth-order valence-corrected chi connectivity index (χ4v) is 4.03. The Morgan fingerprint density at radius 3 is 2.52 bits per heavy atom. The predicted octanol–water partition coefficient (Wildman–Crippen LogP) is 3.91. The Hall–Kier alpha value is -2.02. The van der Waals surface area contributed by atoms with Crippen LogP contribution >= 0.6 is 23.2 Å². The number of hydrogen-bond donors (Lipinski definition) is 0. The first-order valence-electron chi connectivity index (χ1n) is 9.80. The maximum absolute atomic E-state index is 12.8. The lowest BCUT2D eigenvalue weighted by Gasteiger charge is -2.36. The van der Waals surface area contributed by atoms with E-state index in [4.69, 9.17) is 32.7 Å². The number of amides is 1. The molecule has 0 atom stereocenters. The molecule has 0 bridgehead atoms. The van der Waals surface area contributed by atoms with E-state index in [0.717, 1.165) is 18.5 Å². The van der Waals surface area contributed by atoms with Crippen LogP contribution in [0.5, 0.6) is 5.88 Å². The first kappa shape index (κ1) is 20.3. The van der Waals surface area contributed by atoms with Crippen molar-refractivity contribution in [3.63, 3.8) is 0 Å². The number of ether oxygens (including phenoxy) is 2. The van der Waals surface area contributed by atoms with Crippen molar-refractivity contribution in [1.82, 2.24) is 9.88 Å². The summed E-state index contributed by atoms with van der Waals surface area (Å²) in [7, 11) is 0. The fourth-order valence-electron chi connectivity index (χ4n) is 3.61. The molecular formula is C21H23Cl2N3O3. The minimum atomic E-state index is -0.0213. The summed E-state index contributed by atoms with van der Waals surface area (Å²) >= 11 is 12.4. The number of aromatic nitrogens is 1. The number of hydrogen-bond acceptors (Lipinski definition) is 5. The monoisotopic (exact) mass is 435 g/mol. The van der Waals surface area contributed by atoms with Gasteiger partial charge in [0.05, 0.1) is 34.5 Å². The van der Waals surface area contributed by atoms with Gasteiger partial charge in [-0.15, -0.1) is 0 Å². The van der Waals surface area contributed by atoms with E-state index in [-0.39, 0.29) is 12.0 Å². The third-order valence-electron chi connectivity index (χ3n) is 5.28. The molecule has 2 saturated heterocycles. The van der Waals surface area contributed by atoms with Crippen molar-refractivity contribution in [2.24, 2.45) is 0 Å². The summed E-state index contributed by atoms with van der Waals surface area (Å²) in [5.41, 5.74) is 1.47. The van der Waals surface area contributed by atoms with Gasteiger partial charge in [-0.25, -0.2) is 4.98 Å². The molecule has 29 heavy (non-hydrogen) atoms. The van der Waals surface area contributed by atoms with Crippen molar-refractivity contribution >= 4 is 34.8 Å². The number of piperazine rings is 1. The van der Waals surface area contributed by atoms with Crippen molar-refractivity contribution in [2.45, 2.75) is 18.9 Å². The number of benzene rings is 1. The Balaban J connectivity index is 1.34. The summed E-state index contributed by atoms with van der Waals surface area (Å²) in [5, 5.41) is 1.09. The largest absolute Gasteiger partial charge is 0.474 e. The Bertz CT molecular complexity index is 849. The molecule has 2 aromatic rings. The van der Waals surface area contributed by atoms with Gasteiger partial charge >= 0.3 is 0 Å². The van der Waals surface area contributed by atoms with Crippen molar-refractivity contribution in [3.8, 4) is 5.88 Å². The molecule has 0 N–H and O–H groups in total. The Kier molecular flexibility index (Phi) is 6.43. The molecule has 3 heterocycles. The standard InChI is InChI=1S/C21H23Cl2N3O3/c22-17-2-1-3-18(20(17)23)25-8-10-26(11-9-25)21(27)15-4-5-19(24-14-15)29-16-6-12-28-13-7-16/h1-5,14,16H,6-13H2. The van der Waals surface area contributed by atoms with Gasteiger partial charge in [0.2, 0.25) is 5.88 Å². The van der Waals surface area contributed by atoms with Gasteiger partial charge in [-0.05, 0) is 18.2 Å². The van der Waals surface area contributed by atoms with Gasteiger partial charge in [-0.1, -0.05) is 29.3 Å². The quantitative estimate of drug-likeness (QED) is 0.728. The molecule has 2 fully saturated rings. The van der Waals surface area contributed by atoms with Crippen LogP contribution in [0.25, 0.3) is 0 Å². The zero-order valence-corrected chi connectivity index (χ0v) is 17.5. The van der Waals surface area contributed by atoms with Crippen LogP contribution in [-0.2, 0) is 4.74 Å². The molecule has 0 saturated carbocycles. The van der Waals surface area contributed by atoms with Gasteiger partial charge in [0.25, 0.3) is 5.91 Å². The van der Waals surface area contributed by atoms with Gasteiger partial charge in [0.1, 0.15) is 6.10 Å². The highest BCUT2D eigenvalue weighted by molar-refractivity contribution is 6.43. The second kappa shape index (κ2) is 9.20. The van der Waals surface area contributed by atoms with Crippen LogP contribution < -0.4 is 9.64 Å². The van der Waals surface area contributed by atoms with Crippen molar-refractivity contribution in [3.05, 3.63) is 52.1 Å². The minimum absolute atomic E-state index is 0.0213. The molecule has 1 aromatic carbocycles. The molecule has 0 aliphatic carbocycles. The van der Waals surface area contributed by atoms with E-state index in [1.165, 1.54) is 0 Å². The Labute approximate surface area is 180 Å². The zero-order valence-electron chi connectivity index (χ0n) is 16.0. The smallest absolute Gasteiger partial charge is 0.255 e. The maximum atomic E-state index is 12.8. The Morgan fingerprint density at radius 2 is 1.83 bits per heavy atom. The number of pyridine rings is 1. The summed E-state index contributed by atoms with van der Waals surface area (Å²) in [4.78, 5) is 21.1. The van der Waals surface area contributed by atoms with Crippen molar-refractivity contribution in [2.75, 3.05) is 44.3 Å². The molecule has 4 rings (SSSR count). The molecular weight excluding hydrogens is 413 g/mol. The van der Waals surface area contributed by atoms with E-state index in [9.17, 15) is 4.79 Å². The predicted molar refractivity (Wildman–Crippen MR) is 113 cm³/mol. The lowest BCUT2D eigenvalue weighted by atomic mass is 10.1. The van der Waals surface area contributed by atoms with Crippen LogP contribution in [0.3, 0.4) is 0 Å². The fraction of sp³-hybridized carbons (Fsp3) is 0.429. The summed E-state index contributed by atoms with van der Waals surface area (Å²) in [6.07, 6.45) is 3.45. The molecule has 0 unspecified atom stereocenters. The SMILES string of the molecule is O=C(c1ccc(OC2CCOCC2)nc1)N1CCN(c2cccc(Cl)c2Cl)CC1. The topological polar surface area (TPSA) is 54.9 Å². The molecule has 154 valence electrons. The minimum Gasteiger partial charge on any atom is -0.474 e. The van der Waals surface area contributed by atoms with Gasteiger partial charge in [-0.2, -0.15) is 0 Å². The van der Waals surface area contributed by atoms with Gasteiger partial charge in [0, 0.05) is 51.3 Å². The third-order valence-corrected chi connectivity index (χ3v) is 6.09. The van der Waals surface area contributed by atoms with E-state index in [2.05, 4.69) is 9.88 Å². The zero-order chi connectivity index (χ0) is 20.2.